The van der Waals surface area contributed by atoms with E-state index >= 15 is 0 Å². The van der Waals surface area contributed by atoms with Crippen LogP contribution in [0.1, 0.15) is 22.3 Å². The fourth-order valence-corrected chi connectivity index (χ4v) is 1.57. The molecule has 1 rings (SSSR count). The molecule has 0 bridgehead atoms. The van der Waals surface area contributed by atoms with E-state index in [4.69, 9.17) is 10.5 Å². The highest BCUT2D eigenvalue weighted by atomic mass is 16.5. The molecule has 0 fully saturated rings. The Labute approximate surface area is 118 Å². The van der Waals surface area contributed by atoms with Crippen LogP contribution in [0.2, 0.25) is 0 Å². The molecule has 0 saturated heterocycles. The summed E-state index contributed by atoms with van der Waals surface area (Å²) in [6, 6.07) is 6.24. The molecule has 1 atom stereocenters. The Balaban J connectivity index is 2.45. The first-order valence-corrected chi connectivity index (χ1v) is 6.28. The lowest BCUT2D eigenvalue weighted by Gasteiger charge is -2.11. The number of esters is 1. The van der Waals surface area contributed by atoms with E-state index in [0.717, 1.165) is 5.56 Å². The van der Waals surface area contributed by atoms with Crippen molar-refractivity contribution >= 4 is 11.9 Å². The summed E-state index contributed by atoms with van der Waals surface area (Å²) in [5, 5.41) is 2.73. The Hall–Kier alpha value is -1.92. The first kappa shape index (κ1) is 16.1. The van der Waals surface area contributed by atoms with Gasteiger partial charge in [0, 0.05) is 20.3 Å². The molecule has 0 aliphatic carbocycles. The molecule has 6 heteroatoms. The molecule has 0 aliphatic heterocycles. The molecule has 20 heavy (non-hydrogen) atoms. The molecule has 1 aromatic rings. The van der Waals surface area contributed by atoms with Gasteiger partial charge in [0.15, 0.2) is 0 Å². The molecule has 6 nitrogen and oxygen atoms in total. The first-order valence-electron chi connectivity index (χ1n) is 6.28. The summed E-state index contributed by atoms with van der Waals surface area (Å²) in [6.45, 7) is 0.809. The third-order valence-corrected chi connectivity index (χ3v) is 2.81. The molecule has 0 heterocycles. The quantitative estimate of drug-likeness (QED) is 0.708. The van der Waals surface area contributed by atoms with Crippen LogP contribution >= 0.6 is 0 Å². The summed E-state index contributed by atoms with van der Waals surface area (Å²) < 4.78 is 9.47. The molecule has 1 amide bonds. The molecular weight excluding hydrogens is 260 g/mol. The summed E-state index contributed by atoms with van der Waals surface area (Å²) in [6.07, 6.45) is 0.476. The second kappa shape index (κ2) is 8.29. The van der Waals surface area contributed by atoms with Gasteiger partial charge >= 0.3 is 5.97 Å². The van der Waals surface area contributed by atoms with E-state index in [0.29, 0.717) is 25.1 Å². The van der Waals surface area contributed by atoms with Gasteiger partial charge in [0.1, 0.15) is 0 Å². The molecular formula is C14H20N2O4. The van der Waals surface area contributed by atoms with Gasteiger partial charge in [-0.15, -0.1) is 0 Å². The lowest BCUT2D eigenvalue weighted by Crippen LogP contribution is -2.40. The zero-order valence-corrected chi connectivity index (χ0v) is 11.7. The molecule has 110 valence electrons. The van der Waals surface area contributed by atoms with Crippen molar-refractivity contribution in [1.29, 1.82) is 0 Å². The second-order valence-electron chi connectivity index (χ2n) is 4.29. The van der Waals surface area contributed by atoms with E-state index in [2.05, 4.69) is 10.1 Å². The Morgan fingerprint density at radius 1 is 1.25 bits per heavy atom. The van der Waals surface area contributed by atoms with Crippen molar-refractivity contribution in [3.8, 4) is 0 Å². The van der Waals surface area contributed by atoms with Crippen molar-refractivity contribution in [2.75, 3.05) is 20.8 Å². The highest BCUT2D eigenvalue weighted by Crippen LogP contribution is 2.05. The molecule has 0 aliphatic rings. The minimum Gasteiger partial charge on any atom is -0.465 e. The fourth-order valence-electron chi connectivity index (χ4n) is 1.57. The normalized spacial score (nSPS) is 11.8. The number of nitrogens with one attached hydrogen (secondary N) is 1. The number of carbonyl (C=O) groups excluding carboxylic acids is 2. The minimum atomic E-state index is -0.579. The molecule has 0 saturated carbocycles. The molecule has 3 N–H and O–H groups in total. The monoisotopic (exact) mass is 280 g/mol. The van der Waals surface area contributed by atoms with Crippen LogP contribution in [0, 0.1) is 0 Å². The van der Waals surface area contributed by atoms with Crippen LogP contribution < -0.4 is 11.1 Å². The van der Waals surface area contributed by atoms with Gasteiger partial charge in [-0.25, -0.2) is 4.79 Å². The predicted octanol–water partition coefficient (Wildman–Crippen LogP) is 0.453. The van der Waals surface area contributed by atoms with E-state index < -0.39 is 6.04 Å². The molecule has 1 aromatic carbocycles. The van der Waals surface area contributed by atoms with Crippen LogP contribution in [0.4, 0.5) is 0 Å². The maximum atomic E-state index is 11.7. The number of amides is 1. The number of hydrogen-bond donors (Lipinski definition) is 2. The van der Waals surface area contributed by atoms with Gasteiger partial charge < -0.3 is 20.5 Å². The van der Waals surface area contributed by atoms with Crippen molar-refractivity contribution in [3.63, 3.8) is 0 Å². The van der Waals surface area contributed by atoms with Crippen LogP contribution in [0.5, 0.6) is 0 Å². The smallest absolute Gasteiger partial charge is 0.337 e. The van der Waals surface area contributed by atoms with Gasteiger partial charge in [0.25, 0.3) is 0 Å². The lowest BCUT2D eigenvalue weighted by atomic mass is 10.1. The van der Waals surface area contributed by atoms with Gasteiger partial charge in [-0.2, -0.15) is 0 Å². The SMILES string of the molecule is COCCC(N)C(=O)NCc1ccc(C(=O)OC)cc1. The van der Waals surface area contributed by atoms with Crippen LogP contribution in [0.25, 0.3) is 0 Å². The third-order valence-electron chi connectivity index (χ3n) is 2.81. The van der Waals surface area contributed by atoms with Gasteiger partial charge in [-0.1, -0.05) is 12.1 Å². The first-order chi connectivity index (χ1) is 9.58. The largest absolute Gasteiger partial charge is 0.465 e. The number of carbonyl (C=O) groups is 2. The second-order valence-corrected chi connectivity index (χ2v) is 4.29. The summed E-state index contributed by atoms with van der Waals surface area (Å²) in [5.74, 6) is -0.610. The summed E-state index contributed by atoms with van der Waals surface area (Å²) in [7, 11) is 2.89. The van der Waals surface area contributed by atoms with Crippen molar-refractivity contribution in [1.82, 2.24) is 5.32 Å². The van der Waals surface area contributed by atoms with Gasteiger partial charge in [0.2, 0.25) is 5.91 Å². The zero-order chi connectivity index (χ0) is 15.0. The highest BCUT2D eigenvalue weighted by Gasteiger charge is 2.12. The maximum absolute atomic E-state index is 11.7. The number of methoxy groups -OCH3 is 2. The average molecular weight is 280 g/mol. The van der Waals surface area contributed by atoms with Crippen LogP contribution in [0.15, 0.2) is 24.3 Å². The predicted molar refractivity (Wildman–Crippen MR) is 74.1 cm³/mol. The van der Waals surface area contributed by atoms with E-state index in [9.17, 15) is 9.59 Å². The fraction of sp³-hybridized carbons (Fsp3) is 0.429. The minimum absolute atomic E-state index is 0.223. The van der Waals surface area contributed by atoms with Crippen LogP contribution in [-0.2, 0) is 20.8 Å². The lowest BCUT2D eigenvalue weighted by molar-refractivity contribution is -0.122. The third kappa shape index (κ3) is 4.99. The summed E-state index contributed by atoms with van der Waals surface area (Å²) >= 11 is 0. The van der Waals surface area contributed by atoms with Gasteiger partial charge in [0.05, 0.1) is 18.7 Å². The number of ether oxygens (including phenoxy) is 2. The van der Waals surface area contributed by atoms with E-state index in [-0.39, 0.29) is 11.9 Å². The van der Waals surface area contributed by atoms with Gasteiger partial charge in [-0.3, -0.25) is 4.79 Å². The Morgan fingerprint density at radius 2 is 1.90 bits per heavy atom. The van der Waals surface area contributed by atoms with Gasteiger partial charge in [-0.05, 0) is 24.1 Å². The van der Waals surface area contributed by atoms with Crippen molar-refractivity contribution in [2.45, 2.75) is 19.0 Å². The van der Waals surface area contributed by atoms with Crippen molar-refractivity contribution in [2.24, 2.45) is 5.73 Å². The maximum Gasteiger partial charge on any atom is 0.337 e. The van der Waals surface area contributed by atoms with E-state index in [1.54, 1.807) is 31.4 Å². The number of rotatable bonds is 7. The Kier molecular flexibility index (Phi) is 6.69. The van der Waals surface area contributed by atoms with E-state index in [1.165, 1.54) is 7.11 Å². The van der Waals surface area contributed by atoms with Crippen molar-refractivity contribution in [3.05, 3.63) is 35.4 Å². The van der Waals surface area contributed by atoms with E-state index in [1.807, 2.05) is 0 Å². The molecule has 1 unspecified atom stereocenters. The summed E-state index contributed by atoms with van der Waals surface area (Å²) in [5.41, 5.74) is 7.05. The van der Waals surface area contributed by atoms with Crippen LogP contribution in [-0.4, -0.2) is 38.7 Å². The standard InChI is InChI=1S/C14H20N2O4/c1-19-8-7-12(15)13(17)16-9-10-3-5-11(6-4-10)14(18)20-2/h3-6,12H,7-9,15H2,1-2H3,(H,16,17). The highest BCUT2D eigenvalue weighted by molar-refractivity contribution is 5.89. The van der Waals surface area contributed by atoms with Crippen LogP contribution in [0.3, 0.4) is 0 Å². The average Bonchev–Trinajstić information content (AvgIpc) is 2.49. The van der Waals surface area contributed by atoms with Crippen molar-refractivity contribution < 1.29 is 19.1 Å². The molecule has 0 radical (unpaired) electrons. The molecule has 0 aromatic heterocycles. The topological polar surface area (TPSA) is 90.6 Å². The Bertz CT molecular complexity index is 445. The summed E-state index contributed by atoms with van der Waals surface area (Å²) in [4.78, 5) is 22.9. The number of hydrogen-bond acceptors (Lipinski definition) is 5. The Morgan fingerprint density at radius 3 is 2.45 bits per heavy atom. The molecule has 0 spiro atoms. The number of nitrogens with two attached hydrogens (primary N) is 1. The zero-order valence-electron chi connectivity index (χ0n) is 11.7. The number of benzene rings is 1.